The first-order chi connectivity index (χ1) is 12.6. The number of carbonyl (C=O) groups is 1. The minimum absolute atomic E-state index is 0.235. The lowest BCUT2D eigenvalue weighted by atomic mass is 10.2. The second-order valence-electron chi connectivity index (χ2n) is 5.85. The Morgan fingerprint density at radius 1 is 1.12 bits per heavy atom. The van der Waals surface area contributed by atoms with Gasteiger partial charge in [-0.1, -0.05) is 29.0 Å². The molecule has 3 rings (SSSR count). The number of aromatic nitrogens is 1. The molecule has 0 aliphatic rings. The molecule has 0 radical (unpaired) electrons. The molecule has 1 heterocycles. The van der Waals surface area contributed by atoms with Gasteiger partial charge in [-0.2, -0.15) is 4.99 Å². The van der Waals surface area contributed by atoms with Gasteiger partial charge in [-0.3, -0.25) is 4.79 Å². The summed E-state index contributed by atoms with van der Waals surface area (Å²) >= 11 is 7.82. The Labute approximate surface area is 162 Å². The Bertz CT molecular complexity index is 984. The van der Waals surface area contributed by atoms with Gasteiger partial charge >= 0.3 is 0 Å². The van der Waals surface area contributed by atoms with E-state index in [0.717, 1.165) is 29.0 Å². The zero-order valence-electron chi connectivity index (χ0n) is 15.2. The van der Waals surface area contributed by atoms with Crippen molar-refractivity contribution >= 4 is 44.7 Å². The molecule has 2 aromatic carbocycles. The number of hydrogen-bond acceptors (Lipinski definition) is 3. The monoisotopic (exact) mass is 387 g/mol. The van der Waals surface area contributed by atoms with Gasteiger partial charge in [0.15, 0.2) is 4.80 Å². The number of benzene rings is 2. The van der Waals surface area contributed by atoms with E-state index in [0.29, 0.717) is 21.9 Å². The Hall–Kier alpha value is -2.11. The Morgan fingerprint density at radius 3 is 2.42 bits per heavy atom. The Kier molecular flexibility index (Phi) is 5.79. The average molecular weight is 388 g/mol. The molecular formula is C20H22ClN3OS. The van der Waals surface area contributed by atoms with E-state index in [2.05, 4.69) is 23.7 Å². The first-order valence-corrected chi connectivity index (χ1v) is 10.00. The number of amides is 1. The quantitative estimate of drug-likeness (QED) is 0.620. The molecule has 136 valence electrons. The molecule has 0 atom stereocenters. The number of nitrogens with zero attached hydrogens (tertiary/aromatic N) is 3. The maximum atomic E-state index is 12.6. The van der Waals surface area contributed by atoms with E-state index in [1.54, 1.807) is 0 Å². The van der Waals surface area contributed by atoms with Gasteiger partial charge in [0.2, 0.25) is 0 Å². The fraction of sp³-hybridized carbons (Fsp3) is 0.300. The molecule has 1 aromatic heterocycles. The second-order valence-corrected chi connectivity index (χ2v) is 7.27. The molecule has 3 aromatic rings. The number of anilines is 1. The number of fused-ring (bicyclic) bond motifs is 1. The molecule has 0 unspecified atom stereocenters. The largest absolute Gasteiger partial charge is 0.372 e. The molecule has 0 spiro atoms. The number of halogens is 1. The molecule has 4 nitrogen and oxygen atoms in total. The van der Waals surface area contributed by atoms with Crippen LogP contribution in [0.5, 0.6) is 0 Å². The lowest BCUT2D eigenvalue weighted by Crippen LogP contribution is -2.21. The minimum Gasteiger partial charge on any atom is -0.372 e. The van der Waals surface area contributed by atoms with Crippen molar-refractivity contribution in [1.82, 2.24) is 4.57 Å². The summed E-state index contributed by atoms with van der Waals surface area (Å²) in [6, 6.07) is 13.4. The van der Waals surface area contributed by atoms with Gasteiger partial charge in [0.1, 0.15) is 0 Å². The molecular weight excluding hydrogens is 366 g/mol. The van der Waals surface area contributed by atoms with Gasteiger partial charge in [0, 0.05) is 30.9 Å². The van der Waals surface area contributed by atoms with E-state index < -0.39 is 0 Å². The standard InChI is InChI=1S/C20H22ClN3OS/c1-4-23(5-2)15-12-10-14(11-13-15)19(25)22-20-24(6-3)18-16(21)8-7-9-17(18)26-20/h7-13H,4-6H2,1-3H3. The van der Waals surface area contributed by atoms with Crippen LogP contribution in [0.1, 0.15) is 31.1 Å². The highest BCUT2D eigenvalue weighted by molar-refractivity contribution is 7.16. The van der Waals surface area contributed by atoms with Gasteiger partial charge in [0.25, 0.3) is 5.91 Å². The van der Waals surface area contributed by atoms with Crippen LogP contribution in [0.3, 0.4) is 0 Å². The summed E-state index contributed by atoms with van der Waals surface area (Å²) in [5.41, 5.74) is 2.64. The van der Waals surface area contributed by atoms with Crippen LogP contribution in [-0.2, 0) is 6.54 Å². The molecule has 6 heteroatoms. The van der Waals surface area contributed by atoms with Crippen molar-refractivity contribution < 1.29 is 4.79 Å². The van der Waals surface area contributed by atoms with Crippen molar-refractivity contribution in [3.05, 3.63) is 57.9 Å². The molecule has 0 N–H and O–H groups in total. The van der Waals surface area contributed by atoms with Crippen molar-refractivity contribution in [2.75, 3.05) is 18.0 Å². The first-order valence-electron chi connectivity index (χ1n) is 8.80. The fourth-order valence-corrected chi connectivity index (χ4v) is 4.47. The van der Waals surface area contributed by atoms with Gasteiger partial charge in [-0.15, -0.1) is 0 Å². The smallest absolute Gasteiger partial charge is 0.279 e. The molecule has 0 fully saturated rings. The first kappa shape index (κ1) is 18.7. The molecule has 0 bridgehead atoms. The number of carbonyl (C=O) groups excluding carboxylic acids is 1. The van der Waals surface area contributed by atoms with Gasteiger partial charge in [0.05, 0.1) is 15.2 Å². The SMILES string of the molecule is CCN(CC)c1ccc(C(=O)N=c2sc3cccc(Cl)c3n2CC)cc1. The molecule has 0 saturated carbocycles. The fourth-order valence-electron chi connectivity index (χ4n) is 3.02. The molecule has 0 aliphatic heterocycles. The molecule has 0 aliphatic carbocycles. The summed E-state index contributed by atoms with van der Waals surface area (Å²) in [4.78, 5) is 19.9. The van der Waals surface area contributed by atoms with Crippen LogP contribution < -0.4 is 9.70 Å². The van der Waals surface area contributed by atoms with E-state index >= 15 is 0 Å². The predicted molar refractivity (Wildman–Crippen MR) is 110 cm³/mol. The summed E-state index contributed by atoms with van der Waals surface area (Å²) in [6.45, 7) is 8.84. The van der Waals surface area contributed by atoms with Crippen LogP contribution in [0, 0.1) is 0 Å². The zero-order valence-corrected chi connectivity index (χ0v) is 16.8. The third kappa shape index (κ3) is 3.55. The number of rotatable bonds is 5. The van der Waals surface area contributed by atoms with Crippen LogP contribution in [0.2, 0.25) is 5.02 Å². The summed E-state index contributed by atoms with van der Waals surface area (Å²) < 4.78 is 3.02. The molecule has 1 amide bonds. The van der Waals surface area contributed by atoms with Crippen molar-refractivity contribution in [2.24, 2.45) is 4.99 Å². The van der Waals surface area contributed by atoms with E-state index in [-0.39, 0.29) is 5.91 Å². The summed E-state index contributed by atoms with van der Waals surface area (Å²) in [6.07, 6.45) is 0. The highest BCUT2D eigenvalue weighted by Crippen LogP contribution is 2.25. The van der Waals surface area contributed by atoms with Gasteiger partial charge in [-0.25, -0.2) is 0 Å². The number of hydrogen-bond donors (Lipinski definition) is 0. The van der Waals surface area contributed by atoms with Gasteiger partial charge in [-0.05, 0) is 57.2 Å². The Morgan fingerprint density at radius 2 is 1.81 bits per heavy atom. The maximum Gasteiger partial charge on any atom is 0.279 e. The summed E-state index contributed by atoms with van der Waals surface area (Å²) in [7, 11) is 0. The lowest BCUT2D eigenvalue weighted by molar-refractivity contribution is 0.0998. The zero-order chi connectivity index (χ0) is 18.7. The third-order valence-electron chi connectivity index (χ3n) is 4.41. The van der Waals surface area contributed by atoms with E-state index in [9.17, 15) is 4.79 Å². The number of para-hydroxylation sites is 1. The highest BCUT2D eigenvalue weighted by Gasteiger charge is 2.11. The second kappa shape index (κ2) is 8.06. The van der Waals surface area contributed by atoms with Crippen LogP contribution >= 0.6 is 22.9 Å². The lowest BCUT2D eigenvalue weighted by Gasteiger charge is -2.20. The van der Waals surface area contributed by atoms with Gasteiger partial charge < -0.3 is 9.47 Å². The summed E-state index contributed by atoms with van der Waals surface area (Å²) in [5.74, 6) is -0.235. The minimum atomic E-state index is -0.235. The molecule has 0 saturated heterocycles. The van der Waals surface area contributed by atoms with Crippen molar-refractivity contribution in [3.63, 3.8) is 0 Å². The molecule has 26 heavy (non-hydrogen) atoms. The normalized spacial score (nSPS) is 11.9. The highest BCUT2D eigenvalue weighted by atomic mass is 35.5. The number of thiazole rings is 1. The Balaban J connectivity index is 1.99. The van der Waals surface area contributed by atoms with E-state index in [1.807, 2.05) is 54.0 Å². The van der Waals surface area contributed by atoms with E-state index in [1.165, 1.54) is 11.3 Å². The van der Waals surface area contributed by atoms with Crippen molar-refractivity contribution in [3.8, 4) is 0 Å². The maximum absolute atomic E-state index is 12.6. The van der Waals surface area contributed by atoms with Crippen LogP contribution in [0.25, 0.3) is 10.2 Å². The van der Waals surface area contributed by atoms with Crippen LogP contribution in [-0.4, -0.2) is 23.6 Å². The summed E-state index contributed by atoms with van der Waals surface area (Å²) in [5, 5.41) is 0.679. The topological polar surface area (TPSA) is 37.6 Å². The van der Waals surface area contributed by atoms with E-state index in [4.69, 9.17) is 11.6 Å². The number of aryl methyl sites for hydroxylation is 1. The van der Waals surface area contributed by atoms with Crippen molar-refractivity contribution in [1.29, 1.82) is 0 Å². The van der Waals surface area contributed by atoms with Crippen LogP contribution in [0.15, 0.2) is 47.5 Å². The third-order valence-corrected chi connectivity index (χ3v) is 5.76. The van der Waals surface area contributed by atoms with Crippen molar-refractivity contribution in [2.45, 2.75) is 27.3 Å². The predicted octanol–water partition coefficient (Wildman–Crippen LogP) is 4.96. The average Bonchev–Trinajstić information content (AvgIpc) is 3.01. The van der Waals surface area contributed by atoms with Crippen LogP contribution in [0.4, 0.5) is 5.69 Å².